The topological polar surface area (TPSA) is 99.7 Å². The normalized spacial score (nSPS) is 18.5. The van der Waals surface area contributed by atoms with Gasteiger partial charge in [0.1, 0.15) is 0 Å². The molecule has 5 rings (SSSR count). The molecule has 8 heteroatoms. The van der Waals surface area contributed by atoms with Gasteiger partial charge >= 0.3 is 0 Å². The van der Waals surface area contributed by atoms with E-state index in [1.54, 1.807) is 18.2 Å². The van der Waals surface area contributed by atoms with Gasteiger partial charge in [-0.2, -0.15) is 4.99 Å². The van der Waals surface area contributed by atoms with Crippen LogP contribution in [-0.2, 0) is 9.84 Å². The fraction of sp³-hybridized carbons (Fsp3) is 0.517. The highest BCUT2D eigenvalue weighted by Crippen LogP contribution is 2.45. The third-order valence-corrected chi connectivity index (χ3v) is 9.56. The standard InChI is InChI=1S/C29H38N4O3S/c34-28(33-29-30-17-7-18-31-29)23-15-16-25(24(20-23)22-13-14-22)32-26-11-4-5-12-27(26)37(35,36)19-6-10-21-8-2-1-3-9-21/h4-5,11-12,15-16,20-22,32H,1-3,6-10,13-14,17-19H2,(H2,30,31,33,34). The van der Waals surface area contributed by atoms with E-state index in [9.17, 15) is 13.2 Å². The van der Waals surface area contributed by atoms with Crippen molar-refractivity contribution in [2.75, 3.05) is 24.2 Å². The lowest BCUT2D eigenvalue weighted by Gasteiger charge is -2.21. The fourth-order valence-electron chi connectivity index (χ4n) is 5.49. The zero-order valence-corrected chi connectivity index (χ0v) is 22.3. The highest BCUT2D eigenvalue weighted by atomic mass is 32.2. The van der Waals surface area contributed by atoms with Gasteiger partial charge < -0.3 is 16.0 Å². The van der Waals surface area contributed by atoms with Gasteiger partial charge in [0.25, 0.3) is 5.91 Å². The SMILES string of the molecule is O=C(N=C1NCCCN1)c1ccc(Nc2ccccc2S(=O)(=O)CCCC2CCCCC2)c(C2CC2)c1. The molecule has 7 nitrogen and oxygen atoms in total. The minimum absolute atomic E-state index is 0.174. The van der Waals surface area contributed by atoms with Crippen LogP contribution in [0.2, 0.25) is 0 Å². The summed E-state index contributed by atoms with van der Waals surface area (Å²) in [5.41, 5.74) is 3.03. The number of anilines is 2. The quantitative estimate of drug-likeness (QED) is 0.401. The molecule has 198 valence electrons. The Bertz CT molecular complexity index is 1240. The van der Waals surface area contributed by atoms with E-state index in [1.807, 2.05) is 24.3 Å². The summed E-state index contributed by atoms with van der Waals surface area (Å²) in [6, 6.07) is 12.7. The van der Waals surface area contributed by atoms with E-state index in [-0.39, 0.29) is 11.7 Å². The van der Waals surface area contributed by atoms with Gasteiger partial charge in [-0.25, -0.2) is 8.42 Å². The number of carbonyl (C=O) groups is 1. The Morgan fingerprint density at radius 2 is 1.68 bits per heavy atom. The Kier molecular flexibility index (Phi) is 8.13. The van der Waals surface area contributed by atoms with E-state index in [0.29, 0.717) is 40.4 Å². The van der Waals surface area contributed by atoms with Crippen molar-refractivity contribution < 1.29 is 13.2 Å². The molecule has 1 heterocycles. The molecule has 0 bridgehead atoms. The number of hydrogen-bond donors (Lipinski definition) is 3. The van der Waals surface area contributed by atoms with Gasteiger partial charge in [-0.1, -0.05) is 44.2 Å². The number of nitrogens with zero attached hydrogens (tertiary/aromatic N) is 1. The minimum Gasteiger partial charge on any atom is -0.356 e. The third-order valence-electron chi connectivity index (χ3n) is 7.71. The van der Waals surface area contributed by atoms with Crippen molar-refractivity contribution in [3.8, 4) is 0 Å². The van der Waals surface area contributed by atoms with E-state index in [4.69, 9.17) is 0 Å². The minimum atomic E-state index is -3.42. The number of benzene rings is 2. The van der Waals surface area contributed by atoms with Crippen molar-refractivity contribution >= 4 is 33.1 Å². The number of hydrogen-bond acceptors (Lipinski definition) is 4. The number of para-hydroxylation sites is 1. The summed E-state index contributed by atoms with van der Waals surface area (Å²) in [4.78, 5) is 17.4. The zero-order valence-electron chi connectivity index (χ0n) is 21.5. The molecule has 1 amide bonds. The van der Waals surface area contributed by atoms with Crippen molar-refractivity contribution in [3.63, 3.8) is 0 Å². The van der Waals surface area contributed by atoms with Gasteiger partial charge in [-0.3, -0.25) is 4.79 Å². The molecule has 0 atom stereocenters. The molecular weight excluding hydrogens is 484 g/mol. The Balaban J connectivity index is 1.32. The highest BCUT2D eigenvalue weighted by molar-refractivity contribution is 7.91. The second-order valence-corrected chi connectivity index (χ2v) is 12.7. The maximum atomic E-state index is 13.3. The van der Waals surface area contributed by atoms with Crippen LogP contribution in [0.4, 0.5) is 11.4 Å². The summed E-state index contributed by atoms with van der Waals surface area (Å²) in [6.45, 7) is 1.61. The summed E-state index contributed by atoms with van der Waals surface area (Å²) >= 11 is 0. The van der Waals surface area contributed by atoms with E-state index in [0.717, 1.165) is 50.0 Å². The first kappa shape index (κ1) is 25.8. The van der Waals surface area contributed by atoms with Crippen LogP contribution in [-0.4, -0.2) is 39.1 Å². The molecule has 3 N–H and O–H groups in total. The van der Waals surface area contributed by atoms with Crippen LogP contribution in [0.15, 0.2) is 52.4 Å². The third kappa shape index (κ3) is 6.72. The predicted molar refractivity (Wildman–Crippen MR) is 148 cm³/mol. The van der Waals surface area contributed by atoms with Crippen molar-refractivity contribution in [1.29, 1.82) is 0 Å². The number of sulfone groups is 1. The average Bonchev–Trinajstić information content (AvgIpc) is 3.76. The van der Waals surface area contributed by atoms with Crippen molar-refractivity contribution in [2.45, 2.75) is 75.0 Å². The first-order valence-corrected chi connectivity index (χ1v) is 15.5. The lowest BCUT2D eigenvalue weighted by atomic mass is 9.86. The Morgan fingerprint density at radius 1 is 0.919 bits per heavy atom. The van der Waals surface area contributed by atoms with Crippen LogP contribution >= 0.6 is 0 Å². The van der Waals surface area contributed by atoms with Gasteiger partial charge in [0.05, 0.1) is 16.3 Å². The molecule has 3 fully saturated rings. The van der Waals surface area contributed by atoms with E-state index >= 15 is 0 Å². The molecule has 2 aliphatic carbocycles. The van der Waals surface area contributed by atoms with Gasteiger partial charge in [-0.05, 0) is 79.8 Å². The molecule has 0 unspecified atom stereocenters. The maximum Gasteiger partial charge on any atom is 0.280 e. The molecule has 2 aromatic carbocycles. The lowest BCUT2D eigenvalue weighted by molar-refractivity contribution is 0.100. The smallest absolute Gasteiger partial charge is 0.280 e. The highest BCUT2D eigenvalue weighted by Gasteiger charge is 2.28. The van der Waals surface area contributed by atoms with Crippen molar-refractivity contribution in [1.82, 2.24) is 10.6 Å². The maximum absolute atomic E-state index is 13.3. The second kappa shape index (κ2) is 11.7. The summed E-state index contributed by atoms with van der Waals surface area (Å²) in [6.07, 6.45) is 11.2. The molecule has 2 saturated carbocycles. The van der Waals surface area contributed by atoms with Gasteiger partial charge in [0.15, 0.2) is 15.8 Å². The lowest BCUT2D eigenvalue weighted by Crippen LogP contribution is -2.44. The molecule has 0 spiro atoms. The summed E-state index contributed by atoms with van der Waals surface area (Å²) in [7, 11) is -3.42. The molecule has 0 aromatic heterocycles. The molecule has 3 aliphatic rings. The number of rotatable bonds is 9. The van der Waals surface area contributed by atoms with E-state index in [2.05, 4.69) is 20.9 Å². The average molecular weight is 523 g/mol. The van der Waals surface area contributed by atoms with Crippen LogP contribution in [0, 0.1) is 5.92 Å². The summed E-state index contributed by atoms with van der Waals surface area (Å²) in [5, 5.41) is 9.64. The van der Waals surface area contributed by atoms with Crippen LogP contribution in [0.5, 0.6) is 0 Å². The van der Waals surface area contributed by atoms with Gasteiger partial charge in [0.2, 0.25) is 0 Å². The Labute approximate surface area is 220 Å². The van der Waals surface area contributed by atoms with E-state index < -0.39 is 9.84 Å². The number of nitrogens with one attached hydrogen (secondary N) is 3. The molecule has 1 aliphatic heterocycles. The second-order valence-electron chi connectivity index (χ2n) is 10.6. The number of amides is 1. The number of aliphatic imine (C=N–C) groups is 1. The molecule has 37 heavy (non-hydrogen) atoms. The van der Waals surface area contributed by atoms with Crippen LogP contribution in [0.25, 0.3) is 0 Å². The predicted octanol–water partition coefficient (Wildman–Crippen LogP) is 5.52. The molecular formula is C29H38N4O3S. The first-order chi connectivity index (χ1) is 18.0. The number of guanidine groups is 1. The zero-order chi connectivity index (χ0) is 25.7. The van der Waals surface area contributed by atoms with Crippen molar-refractivity contribution in [2.24, 2.45) is 10.9 Å². The van der Waals surface area contributed by atoms with E-state index in [1.165, 1.54) is 32.1 Å². The Morgan fingerprint density at radius 3 is 2.43 bits per heavy atom. The van der Waals surface area contributed by atoms with Crippen molar-refractivity contribution in [3.05, 3.63) is 53.6 Å². The molecule has 1 saturated heterocycles. The van der Waals surface area contributed by atoms with Crippen LogP contribution in [0.1, 0.15) is 86.0 Å². The monoisotopic (exact) mass is 522 g/mol. The molecule has 0 radical (unpaired) electrons. The number of carbonyl (C=O) groups excluding carboxylic acids is 1. The van der Waals surface area contributed by atoms with Crippen LogP contribution < -0.4 is 16.0 Å². The largest absolute Gasteiger partial charge is 0.356 e. The summed E-state index contributed by atoms with van der Waals surface area (Å²) < 4.78 is 26.7. The van der Waals surface area contributed by atoms with Crippen LogP contribution in [0.3, 0.4) is 0 Å². The van der Waals surface area contributed by atoms with Gasteiger partial charge in [-0.15, -0.1) is 0 Å². The Hall–Kier alpha value is -2.87. The molecule has 2 aromatic rings. The van der Waals surface area contributed by atoms with Gasteiger partial charge in [0, 0.05) is 24.3 Å². The first-order valence-electron chi connectivity index (χ1n) is 13.8. The fourth-order valence-corrected chi connectivity index (χ4v) is 6.99. The summed E-state index contributed by atoms with van der Waals surface area (Å²) in [5.74, 6) is 1.45.